The maximum Gasteiger partial charge on any atom is 0.220 e. The number of halogens is 1. The van der Waals surface area contributed by atoms with Crippen LogP contribution in [0.25, 0.3) is 0 Å². The van der Waals surface area contributed by atoms with Crippen LogP contribution in [-0.2, 0) is 16.0 Å². The number of benzene rings is 1. The third-order valence-corrected chi connectivity index (χ3v) is 2.82. The highest BCUT2D eigenvalue weighted by molar-refractivity contribution is 6.31. The number of hydrogen-bond donors (Lipinski definition) is 1. The van der Waals surface area contributed by atoms with Gasteiger partial charge >= 0.3 is 0 Å². The Balaban J connectivity index is 2.19. The Bertz CT molecular complexity index is 380. The van der Waals surface area contributed by atoms with E-state index in [2.05, 4.69) is 5.32 Å². The lowest BCUT2D eigenvalue weighted by molar-refractivity contribution is -0.121. The van der Waals surface area contributed by atoms with Crippen molar-refractivity contribution in [3.63, 3.8) is 0 Å². The summed E-state index contributed by atoms with van der Waals surface area (Å²) in [7, 11) is 0. The van der Waals surface area contributed by atoms with Crippen LogP contribution in [0.5, 0.6) is 0 Å². The van der Waals surface area contributed by atoms with Crippen molar-refractivity contribution < 1.29 is 9.53 Å². The van der Waals surface area contributed by atoms with Crippen LogP contribution in [0.4, 0.5) is 0 Å². The fourth-order valence-electron chi connectivity index (χ4n) is 1.52. The first-order valence-corrected chi connectivity index (χ1v) is 6.59. The Hall–Kier alpha value is -1.06. The van der Waals surface area contributed by atoms with E-state index < -0.39 is 0 Å². The van der Waals surface area contributed by atoms with Gasteiger partial charge in [-0.05, 0) is 31.9 Å². The zero-order valence-corrected chi connectivity index (χ0v) is 11.7. The van der Waals surface area contributed by atoms with Gasteiger partial charge < -0.3 is 10.1 Å². The van der Waals surface area contributed by atoms with Gasteiger partial charge in [-0.1, -0.05) is 29.8 Å². The molecule has 0 aliphatic rings. The molecule has 3 nitrogen and oxygen atoms in total. The molecule has 0 saturated heterocycles. The zero-order chi connectivity index (χ0) is 13.4. The molecule has 4 heteroatoms. The standard InChI is InChI=1S/C14H20ClNO2/c1-11(2)18-10-9-16-14(17)8-7-12-5-3-4-6-13(12)15/h3-6,11H,7-10H2,1-2H3,(H,16,17). The van der Waals surface area contributed by atoms with Gasteiger partial charge in [-0.3, -0.25) is 4.79 Å². The lowest BCUT2D eigenvalue weighted by atomic mass is 10.1. The van der Waals surface area contributed by atoms with Gasteiger partial charge in [0.1, 0.15) is 0 Å². The summed E-state index contributed by atoms with van der Waals surface area (Å²) in [5, 5.41) is 3.54. The summed E-state index contributed by atoms with van der Waals surface area (Å²) in [4.78, 5) is 11.6. The van der Waals surface area contributed by atoms with E-state index in [0.717, 1.165) is 5.56 Å². The molecule has 0 aliphatic heterocycles. The first-order chi connectivity index (χ1) is 8.59. The molecule has 0 heterocycles. The molecular formula is C14H20ClNO2. The molecule has 0 atom stereocenters. The highest BCUT2D eigenvalue weighted by atomic mass is 35.5. The molecule has 0 radical (unpaired) electrons. The van der Waals surface area contributed by atoms with Crippen LogP contribution in [0.3, 0.4) is 0 Å². The van der Waals surface area contributed by atoms with Crippen LogP contribution >= 0.6 is 11.6 Å². The maximum atomic E-state index is 11.6. The summed E-state index contributed by atoms with van der Waals surface area (Å²) >= 11 is 6.02. The second-order valence-electron chi connectivity index (χ2n) is 4.36. The van der Waals surface area contributed by atoms with Gasteiger partial charge in [0.15, 0.2) is 0 Å². The number of carbonyl (C=O) groups excluding carboxylic acids is 1. The molecule has 1 aromatic carbocycles. The molecule has 1 aromatic rings. The molecule has 18 heavy (non-hydrogen) atoms. The summed E-state index contributed by atoms with van der Waals surface area (Å²) in [6, 6.07) is 7.59. The quantitative estimate of drug-likeness (QED) is 0.773. The van der Waals surface area contributed by atoms with E-state index in [1.807, 2.05) is 38.1 Å². The fraction of sp³-hybridized carbons (Fsp3) is 0.500. The van der Waals surface area contributed by atoms with Gasteiger partial charge in [0.2, 0.25) is 5.91 Å². The van der Waals surface area contributed by atoms with Crippen LogP contribution < -0.4 is 5.32 Å². The lowest BCUT2D eigenvalue weighted by Gasteiger charge is -2.09. The molecule has 0 bridgehead atoms. The fourth-order valence-corrected chi connectivity index (χ4v) is 1.75. The number of carbonyl (C=O) groups is 1. The second kappa shape index (κ2) is 8.11. The predicted molar refractivity (Wildman–Crippen MR) is 73.9 cm³/mol. The Morgan fingerprint density at radius 1 is 1.39 bits per heavy atom. The van der Waals surface area contributed by atoms with Crippen molar-refractivity contribution in [3.05, 3.63) is 34.9 Å². The Morgan fingerprint density at radius 2 is 2.11 bits per heavy atom. The third kappa shape index (κ3) is 6.03. The van der Waals surface area contributed by atoms with E-state index in [1.165, 1.54) is 0 Å². The lowest BCUT2D eigenvalue weighted by Crippen LogP contribution is -2.28. The molecule has 100 valence electrons. The van der Waals surface area contributed by atoms with Crippen molar-refractivity contribution in [2.24, 2.45) is 0 Å². The van der Waals surface area contributed by atoms with E-state index in [-0.39, 0.29) is 12.0 Å². The molecule has 1 amide bonds. The molecule has 1 rings (SSSR count). The first-order valence-electron chi connectivity index (χ1n) is 6.21. The SMILES string of the molecule is CC(C)OCCNC(=O)CCc1ccccc1Cl. The van der Waals surface area contributed by atoms with E-state index in [0.29, 0.717) is 31.0 Å². The number of aryl methyl sites for hydroxylation is 1. The Kier molecular flexibility index (Phi) is 6.76. The van der Waals surface area contributed by atoms with Crippen LogP contribution in [0.15, 0.2) is 24.3 Å². The maximum absolute atomic E-state index is 11.6. The van der Waals surface area contributed by atoms with Crippen LogP contribution in [-0.4, -0.2) is 25.2 Å². The molecular weight excluding hydrogens is 250 g/mol. The number of nitrogens with one attached hydrogen (secondary N) is 1. The third-order valence-electron chi connectivity index (χ3n) is 2.45. The average Bonchev–Trinajstić information content (AvgIpc) is 2.33. The summed E-state index contributed by atoms with van der Waals surface area (Å²) in [6.07, 6.45) is 1.31. The van der Waals surface area contributed by atoms with Crippen molar-refractivity contribution in [1.82, 2.24) is 5.32 Å². The molecule has 0 saturated carbocycles. The van der Waals surface area contributed by atoms with Gasteiger partial charge in [-0.2, -0.15) is 0 Å². The summed E-state index contributed by atoms with van der Waals surface area (Å²) < 4.78 is 5.34. The van der Waals surface area contributed by atoms with E-state index in [9.17, 15) is 4.79 Å². The van der Waals surface area contributed by atoms with E-state index in [4.69, 9.17) is 16.3 Å². The smallest absolute Gasteiger partial charge is 0.220 e. The minimum atomic E-state index is 0.0299. The van der Waals surface area contributed by atoms with Gasteiger partial charge in [0.05, 0.1) is 12.7 Å². The number of rotatable bonds is 7. The van der Waals surface area contributed by atoms with Crippen LogP contribution in [0, 0.1) is 0 Å². The number of hydrogen-bond acceptors (Lipinski definition) is 2. The first kappa shape index (κ1) is 15.0. The van der Waals surface area contributed by atoms with E-state index in [1.54, 1.807) is 0 Å². The van der Waals surface area contributed by atoms with Crippen molar-refractivity contribution in [1.29, 1.82) is 0 Å². The molecule has 0 aromatic heterocycles. The van der Waals surface area contributed by atoms with E-state index >= 15 is 0 Å². The minimum absolute atomic E-state index is 0.0299. The Morgan fingerprint density at radius 3 is 2.78 bits per heavy atom. The molecule has 0 fully saturated rings. The predicted octanol–water partition coefficient (Wildman–Crippen LogP) is 2.81. The number of amides is 1. The van der Waals surface area contributed by atoms with Crippen molar-refractivity contribution in [3.8, 4) is 0 Å². The second-order valence-corrected chi connectivity index (χ2v) is 4.77. The van der Waals surface area contributed by atoms with Crippen molar-refractivity contribution in [2.45, 2.75) is 32.8 Å². The van der Waals surface area contributed by atoms with Crippen molar-refractivity contribution in [2.75, 3.05) is 13.2 Å². The topological polar surface area (TPSA) is 38.3 Å². The van der Waals surface area contributed by atoms with Crippen molar-refractivity contribution >= 4 is 17.5 Å². The zero-order valence-electron chi connectivity index (χ0n) is 10.9. The summed E-state index contributed by atoms with van der Waals surface area (Å²) in [6.45, 7) is 5.05. The van der Waals surface area contributed by atoms with Gasteiger partial charge in [0, 0.05) is 18.0 Å². The highest BCUT2D eigenvalue weighted by Crippen LogP contribution is 2.16. The van der Waals surface area contributed by atoms with Gasteiger partial charge in [-0.15, -0.1) is 0 Å². The highest BCUT2D eigenvalue weighted by Gasteiger charge is 2.04. The van der Waals surface area contributed by atoms with Crippen LogP contribution in [0.1, 0.15) is 25.8 Å². The van der Waals surface area contributed by atoms with Crippen LogP contribution in [0.2, 0.25) is 5.02 Å². The molecule has 0 unspecified atom stereocenters. The summed E-state index contributed by atoms with van der Waals surface area (Å²) in [5.41, 5.74) is 1.01. The Labute approximate surface area is 113 Å². The summed E-state index contributed by atoms with van der Waals surface area (Å²) in [5.74, 6) is 0.0299. The number of ether oxygens (including phenoxy) is 1. The van der Waals surface area contributed by atoms with Gasteiger partial charge in [0.25, 0.3) is 0 Å². The monoisotopic (exact) mass is 269 g/mol. The van der Waals surface area contributed by atoms with Gasteiger partial charge in [-0.25, -0.2) is 0 Å². The average molecular weight is 270 g/mol. The molecule has 1 N–H and O–H groups in total. The largest absolute Gasteiger partial charge is 0.377 e. The minimum Gasteiger partial charge on any atom is -0.377 e. The normalized spacial score (nSPS) is 10.7. The molecule has 0 aliphatic carbocycles. The molecule has 0 spiro atoms.